The van der Waals surface area contributed by atoms with Crippen molar-refractivity contribution < 1.29 is 9.90 Å². The van der Waals surface area contributed by atoms with Gasteiger partial charge in [-0.2, -0.15) is 0 Å². The topological polar surface area (TPSA) is 74.2 Å². The van der Waals surface area contributed by atoms with E-state index in [2.05, 4.69) is 15.6 Å². The molecule has 0 aromatic carbocycles. The highest BCUT2D eigenvalue weighted by molar-refractivity contribution is 5.85. The molecule has 2 rings (SSSR count). The quantitative estimate of drug-likeness (QED) is 0.700. The molecule has 0 bridgehead atoms. The van der Waals surface area contributed by atoms with E-state index >= 15 is 0 Å². The smallest absolute Gasteiger partial charge is 0.328 e. The van der Waals surface area contributed by atoms with Crippen LogP contribution in [0, 0.1) is 0 Å². The van der Waals surface area contributed by atoms with E-state index in [1.54, 1.807) is 6.20 Å². The second-order valence-electron chi connectivity index (χ2n) is 4.32. The molecule has 1 aliphatic heterocycles. The second-order valence-corrected chi connectivity index (χ2v) is 4.32. The molecule has 2 heterocycles. The van der Waals surface area contributed by atoms with Crippen molar-refractivity contribution in [1.82, 2.24) is 10.3 Å². The fraction of sp³-hybridized carbons (Fsp3) is 0.385. The van der Waals surface area contributed by atoms with E-state index in [0.717, 1.165) is 43.4 Å². The highest BCUT2D eigenvalue weighted by atomic mass is 16.4. The van der Waals surface area contributed by atoms with E-state index in [-0.39, 0.29) is 0 Å². The van der Waals surface area contributed by atoms with Gasteiger partial charge in [0.05, 0.1) is 0 Å². The minimum Gasteiger partial charge on any atom is -0.478 e. The first-order chi connectivity index (χ1) is 8.74. The maximum atomic E-state index is 10.4. The van der Waals surface area contributed by atoms with E-state index in [9.17, 15) is 4.79 Å². The normalized spacial score (nSPS) is 16.9. The lowest BCUT2D eigenvalue weighted by Gasteiger charge is -2.24. The number of anilines is 1. The van der Waals surface area contributed by atoms with Crippen LogP contribution < -0.4 is 10.6 Å². The predicted molar refractivity (Wildman–Crippen MR) is 70.4 cm³/mol. The van der Waals surface area contributed by atoms with Crippen LogP contribution in [-0.4, -0.2) is 35.2 Å². The zero-order valence-corrected chi connectivity index (χ0v) is 10.1. The maximum absolute atomic E-state index is 10.4. The van der Waals surface area contributed by atoms with Gasteiger partial charge in [0.15, 0.2) is 0 Å². The summed E-state index contributed by atoms with van der Waals surface area (Å²) in [5.41, 5.74) is 0.785. The SMILES string of the molecule is O=C(O)/C=C/c1ccc(NC2CCNCC2)nc1. The average molecular weight is 247 g/mol. The molecular formula is C13H17N3O2. The number of carboxylic acid groups (broad SMARTS) is 1. The number of rotatable bonds is 4. The Hall–Kier alpha value is -1.88. The van der Waals surface area contributed by atoms with Gasteiger partial charge in [0, 0.05) is 18.3 Å². The molecule has 1 saturated heterocycles. The number of nitrogens with zero attached hydrogens (tertiary/aromatic N) is 1. The Morgan fingerprint density at radius 1 is 1.44 bits per heavy atom. The molecule has 0 spiro atoms. The molecule has 1 aromatic heterocycles. The molecule has 5 heteroatoms. The number of aliphatic carboxylic acids is 1. The van der Waals surface area contributed by atoms with Crippen LogP contribution in [-0.2, 0) is 4.79 Å². The molecule has 0 aliphatic carbocycles. The van der Waals surface area contributed by atoms with Crippen molar-refractivity contribution in [2.75, 3.05) is 18.4 Å². The molecule has 0 amide bonds. The van der Waals surface area contributed by atoms with Crippen LogP contribution in [0.1, 0.15) is 18.4 Å². The van der Waals surface area contributed by atoms with Crippen molar-refractivity contribution in [3.63, 3.8) is 0 Å². The summed E-state index contributed by atoms with van der Waals surface area (Å²) in [6, 6.07) is 4.21. The summed E-state index contributed by atoms with van der Waals surface area (Å²) in [5.74, 6) is -0.110. The summed E-state index contributed by atoms with van der Waals surface area (Å²) in [6.07, 6.45) is 6.51. The summed E-state index contributed by atoms with van der Waals surface area (Å²) < 4.78 is 0. The summed E-state index contributed by atoms with van der Waals surface area (Å²) >= 11 is 0. The Balaban J connectivity index is 1.92. The third-order valence-electron chi connectivity index (χ3n) is 2.90. The van der Waals surface area contributed by atoms with Crippen LogP contribution in [0.5, 0.6) is 0 Å². The van der Waals surface area contributed by atoms with Gasteiger partial charge in [-0.3, -0.25) is 0 Å². The van der Waals surface area contributed by atoms with Crippen molar-refractivity contribution in [3.8, 4) is 0 Å². The van der Waals surface area contributed by atoms with Crippen molar-refractivity contribution in [1.29, 1.82) is 0 Å². The van der Waals surface area contributed by atoms with Crippen LogP contribution in [0.25, 0.3) is 6.08 Å². The van der Waals surface area contributed by atoms with Gasteiger partial charge in [0.25, 0.3) is 0 Å². The second kappa shape index (κ2) is 6.16. The molecule has 0 radical (unpaired) electrons. The van der Waals surface area contributed by atoms with Gasteiger partial charge in [0.2, 0.25) is 0 Å². The van der Waals surface area contributed by atoms with Crippen LogP contribution in [0.2, 0.25) is 0 Å². The molecule has 96 valence electrons. The van der Waals surface area contributed by atoms with Gasteiger partial charge < -0.3 is 15.7 Å². The number of carbonyl (C=O) groups is 1. The van der Waals surface area contributed by atoms with Gasteiger partial charge in [-0.1, -0.05) is 0 Å². The fourth-order valence-corrected chi connectivity index (χ4v) is 1.93. The summed E-state index contributed by atoms with van der Waals surface area (Å²) in [7, 11) is 0. The Kier molecular flexibility index (Phi) is 4.30. The molecule has 1 fully saturated rings. The lowest BCUT2D eigenvalue weighted by Crippen LogP contribution is -2.35. The van der Waals surface area contributed by atoms with Crippen molar-refractivity contribution in [3.05, 3.63) is 30.0 Å². The summed E-state index contributed by atoms with van der Waals surface area (Å²) in [5, 5.41) is 15.2. The Bertz CT molecular complexity index is 422. The summed E-state index contributed by atoms with van der Waals surface area (Å²) in [4.78, 5) is 14.7. The number of carboxylic acids is 1. The van der Waals surface area contributed by atoms with E-state index in [1.807, 2.05) is 12.1 Å². The van der Waals surface area contributed by atoms with Gasteiger partial charge in [-0.05, 0) is 49.7 Å². The first-order valence-electron chi connectivity index (χ1n) is 6.08. The minimum atomic E-state index is -0.952. The Morgan fingerprint density at radius 2 is 2.22 bits per heavy atom. The van der Waals surface area contributed by atoms with E-state index < -0.39 is 5.97 Å². The van der Waals surface area contributed by atoms with Crippen LogP contribution in [0.4, 0.5) is 5.82 Å². The zero-order chi connectivity index (χ0) is 12.8. The molecule has 1 aliphatic rings. The van der Waals surface area contributed by atoms with Gasteiger partial charge in [0.1, 0.15) is 5.82 Å². The minimum absolute atomic E-state index is 0.471. The summed E-state index contributed by atoms with van der Waals surface area (Å²) in [6.45, 7) is 2.08. The van der Waals surface area contributed by atoms with Crippen molar-refractivity contribution in [2.45, 2.75) is 18.9 Å². The molecule has 0 atom stereocenters. The standard InChI is InChI=1S/C13H17N3O2/c17-13(18)4-2-10-1-3-12(15-9-10)16-11-5-7-14-8-6-11/h1-4,9,11,14H,5-8H2,(H,15,16)(H,17,18)/b4-2+. The van der Waals surface area contributed by atoms with E-state index in [1.165, 1.54) is 6.08 Å². The number of hydrogen-bond donors (Lipinski definition) is 3. The molecule has 5 nitrogen and oxygen atoms in total. The van der Waals surface area contributed by atoms with Crippen LogP contribution in [0.15, 0.2) is 24.4 Å². The number of pyridine rings is 1. The third-order valence-corrected chi connectivity index (χ3v) is 2.90. The monoisotopic (exact) mass is 247 g/mol. The fourth-order valence-electron chi connectivity index (χ4n) is 1.93. The average Bonchev–Trinajstić information content (AvgIpc) is 2.39. The molecule has 1 aromatic rings. The number of aromatic nitrogens is 1. The van der Waals surface area contributed by atoms with Gasteiger partial charge in [-0.25, -0.2) is 9.78 Å². The van der Waals surface area contributed by atoms with Gasteiger partial charge in [-0.15, -0.1) is 0 Å². The maximum Gasteiger partial charge on any atom is 0.328 e. The number of piperidine rings is 1. The van der Waals surface area contributed by atoms with E-state index in [4.69, 9.17) is 5.11 Å². The number of nitrogens with one attached hydrogen (secondary N) is 2. The first-order valence-corrected chi connectivity index (χ1v) is 6.08. The highest BCUT2D eigenvalue weighted by Crippen LogP contribution is 2.12. The Morgan fingerprint density at radius 3 is 2.83 bits per heavy atom. The Labute approximate surface area is 106 Å². The lowest BCUT2D eigenvalue weighted by molar-refractivity contribution is -0.131. The van der Waals surface area contributed by atoms with Crippen molar-refractivity contribution >= 4 is 17.9 Å². The first kappa shape index (κ1) is 12.6. The van der Waals surface area contributed by atoms with Crippen LogP contribution >= 0.6 is 0 Å². The van der Waals surface area contributed by atoms with Crippen LogP contribution in [0.3, 0.4) is 0 Å². The molecule has 0 unspecified atom stereocenters. The lowest BCUT2D eigenvalue weighted by atomic mass is 10.1. The largest absolute Gasteiger partial charge is 0.478 e. The predicted octanol–water partition coefficient (Wildman–Crippen LogP) is 1.34. The number of hydrogen-bond acceptors (Lipinski definition) is 4. The molecule has 18 heavy (non-hydrogen) atoms. The highest BCUT2D eigenvalue weighted by Gasteiger charge is 2.12. The van der Waals surface area contributed by atoms with Gasteiger partial charge >= 0.3 is 5.97 Å². The molecular weight excluding hydrogens is 230 g/mol. The van der Waals surface area contributed by atoms with Crippen molar-refractivity contribution in [2.24, 2.45) is 0 Å². The third kappa shape index (κ3) is 3.85. The molecule has 0 saturated carbocycles. The van der Waals surface area contributed by atoms with E-state index in [0.29, 0.717) is 6.04 Å². The zero-order valence-electron chi connectivity index (χ0n) is 10.1. The molecule has 3 N–H and O–H groups in total.